The zero-order chi connectivity index (χ0) is 15.6. The van der Waals surface area contributed by atoms with Crippen LogP contribution in [-0.4, -0.2) is 20.3 Å². The van der Waals surface area contributed by atoms with E-state index in [0.717, 1.165) is 24.5 Å². The van der Waals surface area contributed by atoms with E-state index in [4.69, 9.17) is 0 Å². The van der Waals surface area contributed by atoms with Crippen molar-refractivity contribution in [3.05, 3.63) is 40.8 Å². The quantitative estimate of drug-likeness (QED) is 0.937. The molecule has 0 saturated carbocycles. The van der Waals surface area contributed by atoms with E-state index < -0.39 is 0 Å². The van der Waals surface area contributed by atoms with Crippen molar-refractivity contribution in [2.75, 3.05) is 0 Å². The van der Waals surface area contributed by atoms with Gasteiger partial charge in [-0.1, -0.05) is 13.0 Å². The van der Waals surface area contributed by atoms with E-state index in [1.165, 1.54) is 16.8 Å². The van der Waals surface area contributed by atoms with Gasteiger partial charge in [-0.15, -0.1) is 0 Å². The molecular formula is C17H26N4. The van der Waals surface area contributed by atoms with Crippen molar-refractivity contribution in [2.45, 2.75) is 60.0 Å². The van der Waals surface area contributed by atoms with Gasteiger partial charge in [-0.05, 0) is 52.7 Å². The van der Waals surface area contributed by atoms with Crippen LogP contribution in [-0.2, 0) is 13.0 Å². The second-order valence-electron chi connectivity index (χ2n) is 6.50. The van der Waals surface area contributed by atoms with E-state index in [-0.39, 0.29) is 5.54 Å². The van der Waals surface area contributed by atoms with E-state index >= 15 is 0 Å². The lowest BCUT2D eigenvalue weighted by molar-refractivity contribution is 0.423. The average Bonchev–Trinajstić information content (AvgIpc) is 2.70. The maximum Gasteiger partial charge on any atom is 0.158 e. The highest BCUT2D eigenvalue weighted by Gasteiger charge is 2.16. The molecule has 2 aromatic heterocycles. The molecule has 0 unspecified atom stereocenters. The Morgan fingerprint density at radius 2 is 1.95 bits per heavy atom. The van der Waals surface area contributed by atoms with Gasteiger partial charge in [0.15, 0.2) is 5.82 Å². The van der Waals surface area contributed by atoms with Gasteiger partial charge in [0.25, 0.3) is 0 Å². The highest BCUT2D eigenvalue weighted by molar-refractivity contribution is 5.38. The first-order valence-electron chi connectivity index (χ1n) is 7.58. The third-order valence-electron chi connectivity index (χ3n) is 3.67. The first-order chi connectivity index (χ1) is 9.83. The molecule has 1 N–H and O–H groups in total. The summed E-state index contributed by atoms with van der Waals surface area (Å²) in [6.07, 6.45) is 2.83. The molecule has 0 aromatic carbocycles. The summed E-state index contributed by atoms with van der Waals surface area (Å²) in [6.45, 7) is 13.6. The monoisotopic (exact) mass is 286 g/mol. The minimum atomic E-state index is 0.0801. The molecule has 0 atom stereocenters. The summed E-state index contributed by atoms with van der Waals surface area (Å²) in [5.74, 6) is 0.926. The molecule has 2 heterocycles. The van der Waals surface area contributed by atoms with E-state index in [1.807, 2.05) is 16.9 Å². The molecule has 2 rings (SSSR count). The summed E-state index contributed by atoms with van der Waals surface area (Å²) in [4.78, 5) is 4.56. The normalized spacial score (nSPS) is 11.9. The maximum absolute atomic E-state index is 4.68. The van der Waals surface area contributed by atoms with Crippen molar-refractivity contribution >= 4 is 0 Å². The van der Waals surface area contributed by atoms with Gasteiger partial charge in [0.05, 0.1) is 5.69 Å². The van der Waals surface area contributed by atoms with Gasteiger partial charge in [0.2, 0.25) is 0 Å². The zero-order valence-corrected chi connectivity index (χ0v) is 14.0. The molecule has 4 heteroatoms. The number of hydrogen-bond donors (Lipinski definition) is 1. The number of rotatable bonds is 4. The van der Waals surface area contributed by atoms with Gasteiger partial charge in [-0.25, -0.2) is 9.67 Å². The molecule has 0 bridgehead atoms. The van der Waals surface area contributed by atoms with Crippen LogP contribution in [0.1, 0.15) is 50.2 Å². The number of nitrogens with zero attached hydrogens (tertiary/aromatic N) is 3. The Balaban J connectivity index is 2.41. The van der Waals surface area contributed by atoms with Crippen molar-refractivity contribution in [2.24, 2.45) is 0 Å². The minimum Gasteiger partial charge on any atom is -0.308 e. The summed E-state index contributed by atoms with van der Waals surface area (Å²) >= 11 is 0. The van der Waals surface area contributed by atoms with E-state index in [9.17, 15) is 0 Å². The van der Waals surface area contributed by atoms with Crippen LogP contribution in [0.2, 0.25) is 0 Å². The summed E-state index contributed by atoms with van der Waals surface area (Å²) in [6, 6.07) is 4.10. The molecule has 0 spiro atoms. The SMILES string of the molecule is CCc1c(C)nn(-c2ncccc2CNC(C)(C)C)c1C. The molecule has 0 aliphatic carbocycles. The molecule has 2 aromatic rings. The average molecular weight is 286 g/mol. The van der Waals surface area contributed by atoms with E-state index in [0.29, 0.717) is 0 Å². The van der Waals surface area contributed by atoms with Crippen molar-refractivity contribution in [3.63, 3.8) is 0 Å². The lowest BCUT2D eigenvalue weighted by Crippen LogP contribution is -2.35. The molecular weight excluding hydrogens is 260 g/mol. The van der Waals surface area contributed by atoms with Gasteiger partial charge < -0.3 is 5.32 Å². The van der Waals surface area contributed by atoms with Crippen LogP contribution in [0.3, 0.4) is 0 Å². The fourth-order valence-electron chi connectivity index (χ4n) is 2.51. The standard InChI is InChI=1S/C17H26N4/c1-7-15-12(2)20-21(13(15)3)16-14(9-8-10-18-16)11-19-17(4,5)6/h8-10,19H,7,11H2,1-6H3. The topological polar surface area (TPSA) is 42.7 Å². The van der Waals surface area contributed by atoms with Crippen LogP contribution in [0.25, 0.3) is 5.82 Å². The van der Waals surface area contributed by atoms with Crippen LogP contribution in [0.15, 0.2) is 18.3 Å². The second-order valence-corrected chi connectivity index (χ2v) is 6.50. The Hall–Kier alpha value is -1.68. The third-order valence-corrected chi connectivity index (χ3v) is 3.67. The Morgan fingerprint density at radius 1 is 1.24 bits per heavy atom. The number of aryl methyl sites for hydroxylation is 1. The first kappa shape index (κ1) is 15.7. The minimum absolute atomic E-state index is 0.0801. The largest absolute Gasteiger partial charge is 0.308 e. The number of hydrogen-bond acceptors (Lipinski definition) is 3. The molecule has 0 fully saturated rings. The maximum atomic E-state index is 4.68. The van der Waals surface area contributed by atoms with Gasteiger partial charge >= 0.3 is 0 Å². The van der Waals surface area contributed by atoms with Gasteiger partial charge in [0, 0.05) is 29.5 Å². The highest BCUT2D eigenvalue weighted by atomic mass is 15.3. The molecule has 0 radical (unpaired) electrons. The van der Waals surface area contributed by atoms with Crippen LogP contribution in [0.4, 0.5) is 0 Å². The lowest BCUT2D eigenvalue weighted by atomic mass is 10.1. The highest BCUT2D eigenvalue weighted by Crippen LogP contribution is 2.19. The Labute approximate surface area is 127 Å². The van der Waals surface area contributed by atoms with Crippen molar-refractivity contribution in [1.29, 1.82) is 0 Å². The van der Waals surface area contributed by atoms with Crippen molar-refractivity contribution in [1.82, 2.24) is 20.1 Å². The fourth-order valence-corrected chi connectivity index (χ4v) is 2.51. The summed E-state index contributed by atoms with van der Waals surface area (Å²) < 4.78 is 1.98. The molecule has 0 saturated heterocycles. The van der Waals surface area contributed by atoms with E-state index in [1.54, 1.807) is 0 Å². The second kappa shape index (κ2) is 5.98. The van der Waals surface area contributed by atoms with Crippen LogP contribution < -0.4 is 5.32 Å². The van der Waals surface area contributed by atoms with Crippen LogP contribution >= 0.6 is 0 Å². The predicted molar refractivity (Wildman–Crippen MR) is 86.8 cm³/mol. The Morgan fingerprint density at radius 3 is 2.52 bits per heavy atom. The molecule has 21 heavy (non-hydrogen) atoms. The zero-order valence-electron chi connectivity index (χ0n) is 14.0. The van der Waals surface area contributed by atoms with Crippen LogP contribution in [0, 0.1) is 13.8 Å². The number of pyridine rings is 1. The van der Waals surface area contributed by atoms with Gasteiger partial charge in [-0.3, -0.25) is 0 Å². The van der Waals surface area contributed by atoms with E-state index in [2.05, 4.69) is 63.0 Å². The molecule has 114 valence electrons. The predicted octanol–water partition coefficient (Wildman–Crippen LogP) is 3.33. The molecule has 0 aliphatic rings. The summed E-state index contributed by atoms with van der Waals surface area (Å²) in [5.41, 5.74) is 4.84. The lowest BCUT2D eigenvalue weighted by Gasteiger charge is -2.21. The molecule has 4 nitrogen and oxygen atoms in total. The molecule has 0 amide bonds. The molecule has 0 aliphatic heterocycles. The third kappa shape index (κ3) is 3.50. The first-order valence-corrected chi connectivity index (χ1v) is 7.58. The van der Waals surface area contributed by atoms with Crippen LogP contribution in [0.5, 0.6) is 0 Å². The Bertz CT molecular complexity index is 620. The summed E-state index contributed by atoms with van der Waals surface area (Å²) in [7, 11) is 0. The van der Waals surface area contributed by atoms with Crippen molar-refractivity contribution < 1.29 is 0 Å². The van der Waals surface area contributed by atoms with Gasteiger partial charge in [0.1, 0.15) is 0 Å². The summed E-state index contributed by atoms with van der Waals surface area (Å²) in [5, 5.41) is 8.20. The smallest absolute Gasteiger partial charge is 0.158 e. The number of nitrogens with one attached hydrogen (secondary N) is 1. The Kier molecular flexibility index (Phi) is 4.47. The fraction of sp³-hybridized carbons (Fsp3) is 0.529. The number of aromatic nitrogens is 3. The van der Waals surface area contributed by atoms with Gasteiger partial charge in [-0.2, -0.15) is 5.10 Å². The van der Waals surface area contributed by atoms with Crippen molar-refractivity contribution in [3.8, 4) is 5.82 Å².